The first kappa shape index (κ1) is 17.3. The first-order valence-corrected chi connectivity index (χ1v) is 6.56. The molecule has 0 N–H and O–H groups in total. The van der Waals surface area contributed by atoms with E-state index in [9.17, 15) is 8.78 Å². The molecule has 4 heteroatoms. The second-order valence-corrected chi connectivity index (χ2v) is 3.35. The third-order valence-electron chi connectivity index (χ3n) is 2.19. The van der Waals surface area contributed by atoms with Crippen LogP contribution in [0, 0.1) is 6.92 Å². The number of nitrogens with zero attached hydrogens (tertiary/aromatic N) is 2. The minimum atomic E-state index is -2.58. The fourth-order valence-corrected chi connectivity index (χ4v) is 1.34. The summed E-state index contributed by atoms with van der Waals surface area (Å²) in [7, 11) is 0. The van der Waals surface area contributed by atoms with E-state index in [1.54, 1.807) is 0 Å². The fraction of sp³-hybridized carbons (Fsp3) is 0.400. The van der Waals surface area contributed by atoms with Gasteiger partial charge in [0.1, 0.15) is 0 Å². The van der Waals surface area contributed by atoms with Crippen molar-refractivity contribution in [3.63, 3.8) is 0 Å². The maximum atomic E-state index is 12.3. The normalized spacial score (nSPS) is 9.26. The molecule has 0 aliphatic carbocycles. The predicted octanol–water partition coefficient (Wildman–Crippen LogP) is 5.31. The Kier molecular flexibility index (Phi) is 8.42. The number of aryl methyl sites for hydroxylation is 1. The van der Waals surface area contributed by atoms with Crippen molar-refractivity contribution >= 4 is 0 Å². The Morgan fingerprint density at radius 3 is 1.89 bits per heavy atom. The van der Waals surface area contributed by atoms with E-state index < -0.39 is 6.55 Å². The van der Waals surface area contributed by atoms with Crippen molar-refractivity contribution in [2.45, 2.75) is 41.2 Å². The summed E-state index contributed by atoms with van der Waals surface area (Å²) in [6.45, 7) is 7.40. The monoisotopic (exact) mass is 268 g/mol. The molecule has 2 aromatic rings. The number of benzene rings is 1. The quantitative estimate of drug-likeness (QED) is 0.722. The Labute approximate surface area is 114 Å². The molecule has 2 nitrogen and oxygen atoms in total. The molecule has 0 unspecified atom stereocenters. The van der Waals surface area contributed by atoms with Crippen LogP contribution in [0.5, 0.6) is 0 Å². The van der Waals surface area contributed by atoms with Crippen LogP contribution in [0.4, 0.5) is 8.78 Å². The van der Waals surface area contributed by atoms with Gasteiger partial charge in [0.25, 0.3) is 0 Å². The molecule has 0 radical (unpaired) electrons. The average Bonchev–Trinajstić information content (AvgIpc) is 2.94. The molecule has 0 fully saturated rings. The van der Waals surface area contributed by atoms with Crippen LogP contribution in [-0.2, 0) is 0 Å². The Bertz CT molecular complexity index is 447. The predicted molar refractivity (Wildman–Crippen MR) is 76.3 cm³/mol. The maximum Gasteiger partial charge on any atom is 0.333 e. The zero-order valence-corrected chi connectivity index (χ0v) is 12.2. The highest BCUT2D eigenvalue weighted by molar-refractivity contribution is 5.61. The minimum Gasteiger partial charge on any atom is -0.211 e. The number of alkyl halides is 2. The second-order valence-electron chi connectivity index (χ2n) is 3.35. The first-order chi connectivity index (χ1) is 9.16. The van der Waals surface area contributed by atoms with Crippen LogP contribution in [-0.4, -0.2) is 9.78 Å². The third kappa shape index (κ3) is 5.20. The Morgan fingerprint density at radius 2 is 1.47 bits per heavy atom. The van der Waals surface area contributed by atoms with Gasteiger partial charge in [-0.05, 0) is 12.5 Å². The first-order valence-electron chi connectivity index (χ1n) is 6.56. The summed E-state index contributed by atoms with van der Waals surface area (Å²) in [6, 6.07) is 7.66. The Hall–Kier alpha value is -1.71. The van der Waals surface area contributed by atoms with Crippen molar-refractivity contribution < 1.29 is 8.78 Å². The van der Waals surface area contributed by atoms with Crippen molar-refractivity contribution in [3.05, 3.63) is 42.2 Å². The molecule has 0 spiro atoms. The van der Waals surface area contributed by atoms with E-state index in [1.807, 2.05) is 58.9 Å². The molecule has 1 aromatic carbocycles. The SMILES string of the molecule is CC.CC.Cc1ccc(-c2cnn(C(F)F)c2)cc1. The van der Waals surface area contributed by atoms with Crippen LogP contribution in [0.25, 0.3) is 11.1 Å². The van der Waals surface area contributed by atoms with E-state index in [0.29, 0.717) is 10.2 Å². The number of hydrogen-bond donors (Lipinski definition) is 0. The molecule has 2 rings (SSSR count). The molecule has 0 aliphatic rings. The number of aromatic nitrogens is 2. The molecule has 0 aliphatic heterocycles. The number of hydrogen-bond acceptors (Lipinski definition) is 1. The van der Waals surface area contributed by atoms with Crippen LogP contribution in [0.1, 0.15) is 39.8 Å². The Morgan fingerprint density at radius 1 is 0.947 bits per heavy atom. The molecule has 1 heterocycles. The summed E-state index contributed by atoms with van der Waals surface area (Å²) < 4.78 is 25.2. The molecule has 19 heavy (non-hydrogen) atoms. The molecule has 0 amide bonds. The highest BCUT2D eigenvalue weighted by atomic mass is 19.3. The summed E-state index contributed by atoms with van der Waals surface area (Å²) in [4.78, 5) is 0. The van der Waals surface area contributed by atoms with Crippen molar-refractivity contribution in [1.82, 2.24) is 9.78 Å². The lowest BCUT2D eigenvalue weighted by molar-refractivity contribution is 0.0566. The van der Waals surface area contributed by atoms with Crippen molar-refractivity contribution in [2.24, 2.45) is 0 Å². The topological polar surface area (TPSA) is 17.8 Å². The van der Waals surface area contributed by atoms with Crippen LogP contribution >= 0.6 is 0 Å². The van der Waals surface area contributed by atoms with Crippen LogP contribution in [0.3, 0.4) is 0 Å². The zero-order chi connectivity index (χ0) is 14.8. The van der Waals surface area contributed by atoms with Gasteiger partial charge in [-0.1, -0.05) is 57.5 Å². The van der Waals surface area contributed by atoms with Gasteiger partial charge in [-0.15, -0.1) is 0 Å². The van der Waals surface area contributed by atoms with Gasteiger partial charge in [-0.2, -0.15) is 13.9 Å². The van der Waals surface area contributed by atoms with E-state index in [2.05, 4.69) is 5.10 Å². The minimum absolute atomic E-state index is 0.648. The van der Waals surface area contributed by atoms with E-state index in [-0.39, 0.29) is 0 Å². The van der Waals surface area contributed by atoms with Crippen LogP contribution in [0.15, 0.2) is 36.7 Å². The highest BCUT2D eigenvalue weighted by Gasteiger charge is 2.07. The molecular weight excluding hydrogens is 246 g/mol. The largest absolute Gasteiger partial charge is 0.333 e. The smallest absolute Gasteiger partial charge is 0.211 e. The van der Waals surface area contributed by atoms with E-state index in [1.165, 1.54) is 12.4 Å². The van der Waals surface area contributed by atoms with Gasteiger partial charge in [0, 0.05) is 11.8 Å². The van der Waals surface area contributed by atoms with Gasteiger partial charge in [0.05, 0.1) is 6.20 Å². The van der Waals surface area contributed by atoms with Gasteiger partial charge in [-0.25, -0.2) is 4.68 Å². The zero-order valence-electron chi connectivity index (χ0n) is 12.2. The molecule has 0 atom stereocenters. The molecule has 106 valence electrons. The van der Waals surface area contributed by atoms with Crippen molar-refractivity contribution in [3.8, 4) is 11.1 Å². The molecular formula is C15H22F2N2. The number of halogens is 2. The van der Waals surface area contributed by atoms with Crippen LogP contribution in [0.2, 0.25) is 0 Å². The van der Waals surface area contributed by atoms with Gasteiger partial charge in [-0.3, -0.25) is 0 Å². The summed E-state index contributed by atoms with van der Waals surface area (Å²) in [5, 5.41) is 3.58. The van der Waals surface area contributed by atoms with Crippen molar-refractivity contribution in [2.75, 3.05) is 0 Å². The summed E-state index contributed by atoms with van der Waals surface area (Å²) in [5.41, 5.74) is 2.74. The maximum absolute atomic E-state index is 12.3. The summed E-state index contributed by atoms with van der Waals surface area (Å²) in [5.74, 6) is 0. The van der Waals surface area contributed by atoms with Gasteiger partial charge >= 0.3 is 6.55 Å². The van der Waals surface area contributed by atoms with Gasteiger partial charge in [0.2, 0.25) is 0 Å². The lowest BCUT2D eigenvalue weighted by atomic mass is 10.1. The fourth-order valence-electron chi connectivity index (χ4n) is 1.34. The second kappa shape index (κ2) is 9.25. The standard InChI is InChI=1S/C11H10F2N2.2C2H6/c1-8-2-4-9(5-3-8)10-6-14-15(7-10)11(12)13;2*1-2/h2-7,11H,1H3;2*1-2H3. The third-order valence-corrected chi connectivity index (χ3v) is 2.19. The van der Waals surface area contributed by atoms with Crippen molar-refractivity contribution in [1.29, 1.82) is 0 Å². The molecule has 0 saturated carbocycles. The van der Waals surface area contributed by atoms with Gasteiger partial charge in [0.15, 0.2) is 0 Å². The van der Waals surface area contributed by atoms with E-state index in [4.69, 9.17) is 0 Å². The number of rotatable bonds is 2. The van der Waals surface area contributed by atoms with E-state index >= 15 is 0 Å². The molecule has 0 saturated heterocycles. The lowest BCUT2D eigenvalue weighted by Crippen LogP contribution is -1.96. The van der Waals surface area contributed by atoms with E-state index in [0.717, 1.165) is 11.1 Å². The Balaban J connectivity index is 0.000000741. The lowest BCUT2D eigenvalue weighted by Gasteiger charge is -1.98. The summed E-state index contributed by atoms with van der Waals surface area (Å²) >= 11 is 0. The van der Waals surface area contributed by atoms with Gasteiger partial charge < -0.3 is 0 Å². The summed E-state index contributed by atoms with van der Waals surface area (Å²) in [6.07, 6.45) is 2.78. The average molecular weight is 268 g/mol. The molecule has 1 aromatic heterocycles. The van der Waals surface area contributed by atoms with Crippen LogP contribution < -0.4 is 0 Å². The molecule has 0 bridgehead atoms. The highest BCUT2D eigenvalue weighted by Crippen LogP contribution is 2.20.